The molecule has 0 aromatic heterocycles. The molecule has 1 heterocycles. The predicted octanol–water partition coefficient (Wildman–Crippen LogP) is 3.12. The van der Waals surface area contributed by atoms with Crippen LogP contribution in [0.3, 0.4) is 0 Å². The lowest BCUT2D eigenvalue weighted by atomic mass is 10.1. The van der Waals surface area contributed by atoms with Gasteiger partial charge in [0.25, 0.3) is 5.91 Å². The normalized spacial score (nSPS) is 16.9. The molecule has 1 fully saturated rings. The number of nitrogens with zero attached hydrogens (tertiary/aromatic N) is 1. The third-order valence-corrected chi connectivity index (χ3v) is 4.53. The first-order valence-corrected chi connectivity index (χ1v) is 8.99. The zero-order valence-electron chi connectivity index (χ0n) is 13.8. The molecule has 0 aliphatic carbocycles. The first kappa shape index (κ1) is 19.3. The Morgan fingerprint density at radius 2 is 2.08 bits per heavy atom. The molecule has 1 aliphatic heterocycles. The maximum absolute atomic E-state index is 12.5. The number of halogens is 2. The van der Waals surface area contributed by atoms with Gasteiger partial charge in [-0.15, -0.1) is 0 Å². The molecule has 0 spiro atoms. The molecule has 2 rings (SSSR count). The van der Waals surface area contributed by atoms with E-state index in [0.717, 1.165) is 19.3 Å². The van der Waals surface area contributed by atoms with Gasteiger partial charge < -0.3 is 20.1 Å². The molecule has 0 radical (unpaired) electrons. The molecule has 0 bridgehead atoms. The van der Waals surface area contributed by atoms with Crippen molar-refractivity contribution in [2.24, 2.45) is 5.73 Å². The van der Waals surface area contributed by atoms with E-state index in [0.29, 0.717) is 42.0 Å². The number of likely N-dealkylation sites (tertiary alicyclic amines) is 1. The van der Waals surface area contributed by atoms with Crippen molar-refractivity contribution in [2.75, 3.05) is 26.2 Å². The fraction of sp³-hybridized carbons (Fsp3) is 0.588. The van der Waals surface area contributed by atoms with Gasteiger partial charge >= 0.3 is 0 Å². The molecule has 24 heavy (non-hydrogen) atoms. The highest BCUT2D eigenvalue weighted by atomic mass is 35.5. The van der Waals surface area contributed by atoms with E-state index in [9.17, 15) is 4.79 Å². The quantitative estimate of drug-likeness (QED) is 0.744. The third-order valence-electron chi connectivity index (χ3n) is 4.00. The van der Waals surface area contributed by atoms with E-state index in [1.54, 1.807) is 25.1 Å². The van der Waals surface area contributed by atoms with Gasteiger partial charge in [0, 0.05) is 24.7 Å². The molecule has 7 heteroatoms. The molecule has 1 saturated heterocycles. The Bertz CT molecular complexity index is 549. The minimum atomic E-state index is -0.599. The van der Waals surface area contributed by atoms with E-state index in [1.165, 1.54) is 0 Å². The van der Waals surface area contributed by atoms with Crippen LogP contribution in [-0.4, -0.2) is 49.3 Å². The summed E-state index contributed by atoms with van der Waals surface area (Å²) in [4.78, 5) is 14.3. The van der Waals surface area contributed by atoms with Crippen molar-refractivity contribution in [3.63, 3.8) is 0 Å². The van der Waals surface area contributed by atoms with Gasteiger partial charge in [0.15, 0.2) is 6.10 Å². The third kappa shape index (κ3) is 5.52. The summed E-state index contributed by atoms with van der Waals surface area (Å²) in [7, 11) is 0. The van der Waals surface area contributed by atoms with Crippen molar-refractivity contribution in [3.05, 3.63) is 28.2 Å². The molecule has 134 valence electrons. The number of carbonyl (C=O) groups excluding carboxylic acids is 1. The first-order chi connectivity index (χ1) is 11.5. The number of hydrogen-bond acceptors (Lipinski definition) is 4. The first-order valence-electron chi connectivity index (χ1n) is 8.23. The topological polar surface area (TPSA) is 64.8 Å². The zero-order valence-corrected chi connectivity index (χ0v) is 15.4. The maximum Gasteiger partial charge on any atom is 0.263 e. The van der Waals surface area contributed by atoms with Crippen molar-refractivity contribution in [1.29, 1.82) is 0 Å². The van der Waals surface area contributed by atoms with Gasteiger partial charge in [0.2, 0.25) is 0 Å². The average Bonchev–Trinajstić information content (AvgIpc) is 2.57. The highest BCUT2D eigenvalue weighted by Crippen LogP contribution is 2.28. The lowest BCUT2D eigenvalue weighted by Gasteiger charge is -2.33. The number of benzene rings is 1. The molecule has 1 unspecified atom stereocenters. The van der Waals surface area contributed by atoms with Crippen LogP contribution in [0.15, 0.2) is 18.2 Å². The fourth-order valence-corrected chi connectivity index (χ4v) is 3.10. The second-order valence-corrected chi connectivity index (χ2v) is 6.72. The van der Waals surface area contributed by atoms with E-state index in [-0.39, 0.29) is 12.0 Å². The molecular weight excluding hydrogens is 351 g/mol. The number of nitrogens with two attached hydrogens (primary N) is 1. The molecule has 1 aliphatic rings. The van der Waals surface area contributed by atoms with Gasteiger partial charge in [0.1, 0.15) is 5.75 Å². The monoisotopic (exact) mass is 374 g/mol. The molecular formula is C17H24Cl2N2O3. The summed E-state index contributed by atoms with van der Waals surface area (Å²) in [6.45, 7) is 4.41. The van der Waals surface area contributed by atoms with E-state index in [4.69, 9.17) is 38.4 Å². The minimum absolute atomic E-state index is 0.0403. The van der Waals surface area contributed by atoms with E-state index >= 15 is 0 Å². The molecule has 1 aromatic carbocycles. The summed E-state index contributed by atoms with van der Waals surface area (Å²) in [5, 5.41) is 0.928. The molecule has 5 nitrogen and oxygen atoms in total. The van der Waals surface area contributed by atoms with Crippen molar-refractivity contribution in [2.45, 2.75) is 38.4 Å². The number of ether oxygens (including phenoxy) is 2. The summed E-state index contributed by atoms with van der Waals surface area (Å²) in [5.74, 6) is 0.420. The molecule has 1 amide bonds. The summed E-state index contributed by atoms with van der Waals surface area (Å²) < 4.78 is 11.4. The van der Waals surface area contributed by atoms with Crippen LogP contribution in [0, 0.1) is 0 Å². The van der Waals surface area contributed by atoms with Gasteiger partial charge in [0.05, 0.1) is 11.1 Å². The second kappa shape index (κ2) is 9.47. The Labute approximate surface area is 153 Å². The van der Waals surface area contributed by atoms with E-state index in [2.05, 4.69) is 0 Å². The predicted molar refractivity (Wildman–Crippen MR) is 95.8 cm³/mol. The lowest BCUT2D eigenvalue weighted by molar-refractivity contribution is -0.140. The van der Waals surface area contributed by atoms with Gasteiger partial charge in [-0.3, -0.25) is 4.79 Å². The van der Waals surface area contributed by atoms with Crippen LogP contribution in [0.1, 0.15) is 26.2 Å². The standard InChI is InChI=1S/C17H24Cl2N2O3/c1-12(24-16-4-3-13(18)11-15(16)19)17(22)21-8-5-14(6-9-21)23-10-2-7-20/h3-4,11-12,14H,2,5-10,20H2,1H3. The maximum atomic E-state index is 12.5. The van der Waals surface area contributed by atoms with Crippen LogP contribution in [0.2, 0.25) is 10.0 Å². The minimum Gasteiger partial charge on any atom is -0.479 e. The highest BCUT2D eigenvalue weighted by Gasteiger charge is 2.27. The Morgan fingerprint density at radius 1 is 1.38 bits per heavy atom. The molecule has 1 aromatic rings. The van der Waals surface area contributed by atoms with Gasteiger partial charge in [-0.2, -0.15) is 0 Å². The Kier molecular flexibility index (Phi) is 7.62. The Morgan fingerprint density at radius 3 is 2.71 bits per heavy atom. The number of carbonyl (C=O) groups is 1. The van der Waals surface area contributed by atoms with E-state index < -0.39 is 6.10 Å². The smallest absolute Gasteiger partial charge is 0.263 e. The van der Waals surface area contributed by atoms with Crippen LogP contribution >= 0.6 is 23.2 Å². The van der Waals surface area contributed by atoms with Crippen molar-refractivity contribution in [1.82, 2.24) is 4.90 Å². The number of rotatable bonds is 7. The van der Waals surface area contributed by atoms with Gasteiger partial charge in [-0.25, -0.2) is 0 Å². The van der Waals surface area contributed by atoms with Crippen LogP contribution in [0.4, 0.5) is 0 Å². The van der Waals surface area contributed by atoms with E-state index in [1.807, 2.05) is 4.90 Å². The average molecular weight is 375 g/mol. The molecule has 2 N–H and O–H groups in total. The van der Waals surface area contributed by atoms with Crippen molar-refractivity contribution >= 4 is 29.1 Å². The summed E-state index contributed by atoms with van der Waals surface area (Å²) in [5.41, 5.74) is 5.46. The zero-order chi connectivity index (χ0) is 17.5. The van der Waals surface area contributed by atoms with Crippen LogP contribution in [-0.2, 0) is 9.53 Å². The van der Waals surface area contributed by atoms with Gasteiger partial charge in [-0.1, -0.05) is 23.2 Å². The van der Waals surface area contributed by atoms with Crippen LogP contribution < -0.4 is 10.5 Å². The number of amides is 1. The largest absolute Gasteiger partial charge is 0.479 e. The van der Waals surface area contributed by atoms with Gasteiger partial charge in [-0.05, 0) is 50.9 Å². The van der Waals surface area contributed by atoms with Crippen molar-refractivity contribution in [3.8, 4) is 5.75 Å². The SMILES string of the molecule is CC(Oc1ccc(Cl)cc1Cl)C(=O)N1CCC(OCCCN)CC1. The Balaban J connectivity index is 1.81. The number of hydrogen-bond donors (Lipinski definition) is 1. The summed E-state index contributed by atoms with van der Waals surface area (Å²) >= 11 is 11.9. The lowest BCUT2D eigenvalue weighted by Crippen LogP contribution is -2.46. The second-order valence-electron chi connectivity index (χ2n) is 5.87. The summed E-state index contributed by atoms with van der Waals surface area (Å²) in [6.07, 6.45) is 2.15. The fourth-order valence-electron chi connectivity index (χ4n) is 2.64. The molecule has 0 saturated carbocycles. The molecule has 1 atom stereocenters. The Hall–Kier alpha value is -1.01. The number of piperidine rings is 1. The van der Waals surface area contributed by atoms with Crippen molar-refractivity contribution < 1.29 is 14.3 Å². The highest BCUT2D eigenvalue weighted by molar-refractivity contribution is 6.35. The summed E-state index contributed by atoms with van der Waals surface area (Å²) in [6, 6.07) is 4.95. The van der Waals surface area contributed by atoms with Crippen LogP contribution in [0.5, 0.6) is 5.75 Å². The van der Waals surface area contributed by atoms with Crippen LogP contribution in [0.25, 0.3) is 0 Å².